The molecule has 5 N–H and O–H groups in total. The van der Waals surface area contributed by atoms with Crippen LogP contribution in [0, 0.1) is 0 Å². The van der Waals surface area contributed by atoms with Crippen LogP contribution >= 0.6 is 0 Å². The van der Waals surface area contributed by atoms with Crippen LogP contribution in [0.2, 0.25) is 0 Å². The fraction of sp³-hybridized carbons (Fsp3) is 0.500. The number of rotatable bonds is 1. The summed E-state index contributed by atoms with van der Waals surface area (Å²) < 4.78 is 0. The van der Waals surface area contributed by atoms with E-state index in [1.54, 1.807) is 6.92 Å². The number of hydrogen-bond acceptors (Lipinski definition) is 4. The fourth-order valence-electron chi connectivity index (χ4n) is 0.278. The van der Waals surface area contributed by atoms with E-state index >= 15 is 0 Å². The van der Waals surface area contributed by atoms with Gasteiger partial charge < -0.3 is 10.8 Å². The Balaban J connectivity index is 4.00. The maximum atomic E-state index is 8.76. The number of nitrogens with two attached hydrogens (primary N) is 2. The summed E-state index contributed by atoms with van der Waals surface area (Å²) in [6.07, 6.45) is 0. The minimum atomic E-state index is -0.0926. The summed E-state index contributed by atoms with van der Waals surface area (Å²) in [5.74, 6) is 4.99. The Hall–Kier alpha value is -0.900. The Morgan fingerprint density at radius 1 is 1.62 bits per heavy atom. The molecule has 0 aliphatic heterocycles. The highest BCUT2D eigenvalue weighted by molar-refractivity contribution is 4.95. The molecular weight excluding hydrogens is 106 g/mol. The second kappa shape index (κ2) is 2.42. The average Bonchev–Trinajstić information content (AvgIpc) is 1.64. The van der Waals surface area contributed by atoms with Crippen LogP contribution in [0.5, 0.6) is 0 Å². The molecule has 0 atom stereocenters. The molecule has 0 unspecified atom stereocenters. The van der Waals surface area contributed by atoms with Gasteiger partial charge in [0.2, 0.25) is 5.88 Å². The molecule has 0 fully saturated rings. The SMILES string of the molecule is C/C(N)=C(\O)N(C)N. The Labute approximate surface area is 48.3 Å². The van der Waals surface area contributed by atoms with Gasteiger partial charge in [-0.25, -0.2) is 5.84 Å². The van der Waals surface area contributed by atoms with Crippen LogP contribution in [-0.4, -0.2) is 17.2 Å². The molecule has 0 aromatic heterocycles. The predicted molar refractivity (Wildman–Crippen MR) is 31.5 cm³/mol. The van der Waals surface area contributed by atoms with Crippen molar-refractivity contribution in [1.29, 1.82) is 0 Å². The summed E-state index contributed by atoms with van der Waals surface area (Å²) in [6.45, 7) is 1.57. The van der Waals surface area contributed by atoms with E-state index in [1.807, 2.05) is 0 Å². The third kappa shape index (κ3) is 1.70. The van der Waals surface area contributed by atoms with E-state index in [-0.39, 0.29) is 5.88 Å². The molecule has 0 saturated carbocycles. The van der Waals surface area contributed by atoms with Crippen LogP contribution in [0.15, 0.2) is 11.6 Å². The summed E-state index contributed by atoms with van der Waals surface area (Å²) in [7, 11) is 1.51. The van der Waals surface area contributed by atoms with Gasteiger partial charge in [-0.15, -0.1) is 0 Å². The molecule has 0 radical (unpaired) electrons. The Morgan fingerprint density at radius 2 is 2.00 bits per heavy atom. The third-order valence-corrected chi connectivity index (χ3v) is 0.687. The van der Waals surface area contributed by atoms with Gasteiger partial charge in [0.1, 0.15) is 0 Å². The minimum absolute atomic E-state index is 0.0926. The molecule has 0 heterocycles. The molecular formula is C4H11N3O. The lowest BCUT2D eigenvalue weighted by atomic mass is 10.5. The van der Waals surface area contributed by atoms with Gasteiger partial charge in [0.15, 0.2) is 0 Å². The maximum Gasteiger partial charge on any atom is 0.220 e. The van der Waals surface area contributed by atoms with Gasteiger partial charge in [-0.1, -0.05) is 0 Å². The highest BCUT2D eigenvalue weighted by Crippen LogP contribution is 1.91. The number of nitrogens with zero attached hydrogens (tertiary/aromatic N) is 1. The Morgan fingerprint density at radius 3 is 2.00 bits per heavy atom. The zero-order valence-corrected chi connectivity index (χ0v) is 5.05. The summed E-state index contributed by atoms with van der Waals surface area (Å²) in [5, 5.41) is 9.81. The van der Waals surface area contributed by atoms with Crippen molar-refractivity contribution in [2.75, 3.05) is 7.05 Å². The molecule has 0 aliphatic rings. The van der Waals surface area contributed by atoms with Crippen LogP contribution in [-0.2, 0) is 0 Å². The normalized spacial score (nSPS) is 12.9. The Bertz CT molecular complexity index is 104. The van der Waals surface area contributed by atoms with E-state index in [0.717, 1.165) is 5.01 Å². The van der Waals surface area contributed by atoms with Crippen molar-refractivity contribution in [3.8, 4) is 0 Å². The van der Waals surface area contributed by atoms with E-state index in [2.05, 4.69) is 0 Å². The largest absolute Gasteiger partial charge is 0.493 e. The van der Waals surface area contributed by atoms with Crippen molar-refractivity contribution < 1.29 is 5.11 Å². The van der Waals surface area contributed by atoms with E-state index in [4.69, 9.17) is 16.7 Å². The zero-order chi connectivity index (χ0) is 6.73. The van der Waals surface area contributed by atoms with Crippen LogP contribution in [0.25, 0.3) is 0 Å². The summed E-state index contributed by atoms with van der Waals surface area (Å²) >= 11 is 0. The van der Waals surface area contributed by atoms with Crippen molar-refractivity contribution in [3.63, 3.8) is 0 Å². The van der Waals surface area contributed by atoms with Gasteiger partial charge >= 0.3 is 0 Å². The summed E-state index contributed by atoms with van der Waals surface area (Å²) in [4.78, 5) is 0. The minimum Gasteiger partial charge on any atom is -0.493 e. The number of aliphatic hydroxyl groups is 1. The maximum absolute atomic E-state index is 8.76. The standard InChI is InChI=1S/C4H11N3O/c1-3(5)4(8)7(2)6/h8H,5-6H2,1-2H3/b4-3+. The third-order valence-electron chi connectivity index (χ3n) is 0.687. The van der Waals surface area contributed by atoms with Gasteiger partial charge in [0.25, 0.3) is 0 Å². The van der Waals surface area contributed by atoms with Gasteiger partial charge in [-0.2, -0.15) is 0 Å². The van der Waals surface area contributed by atoms with Crippen molar-refractivity contribution in [2.24, 2.45) is 11.6 Å². The summed E-state index contributed by atoms with van der Waals surface area (Å²) in [6, 6.07) is 0. The second-order valence-corrected chi connectivity index (χ2v) is 1.62. The number of aliphatic hydroxyl groups excluding tert-OH is 1. The molecule has 4 nitrogen and oxygen atoms in total. The van der Waals surface area contributed by atoms with E-state index in [0.29, 0.717) is 5.70 Å². The molecule has 0 rings (SSSR count). The van der Waals surface area contributed by atoms with Crippen molar-refractivity contribution in [3.05, 3.63) is 11.6 Å². The lowest BCUT2D eigenvalue weighted by molar-refractivity contribution is 0.230. The lowest BCUT2D eigenvalue weighted by Crippen LogP contribution is -2.27. The monoisotopic (exact) mass is 117 g/mol. The van der Waals surface area contributed by atoms with Gasteiger partial charge in [0.05, 0.1) is 5.70 Å². The van der Waals surface area contributed by atoms with E-state index < -0.39 is 0 Å². The second-order valence-electron chi connectivity index (χ2n) is 1.62. The van der Waals surface area contributed by atoms with Crippen molar-refractivity contribution in [1.82, 2.24) is 5.01 Å². The average molecular weight is 117 g/mol. The van der Waals surface area contributed by atoms with Crippen LogP contribution in [0.4, 0.5) is 0 Å². The van der Waals surface area contributed by atoms with Crippen LogP contribution in [0.3, 0.4) is 0 Å². The smallest absolute Gasteiger partial charge is 0.220 e. The molecule has 0 aromatic carbocycles. The zero-order valence-electron chi connectivity index (χ0n) is 5.05. The quantitative estimate of drug-likeness (QED) is 0.246. The molecule has 0 saturated heterocycles. The summed E-state index contributed by atoms with van der Waals surface area (Å²) in [5.41, 5.74) is 5.46. The fourth-order valence-corrected chi connectivity index (χ4v) is 0.278. The molecule has 0 bridgehead atoms. The topological polar surface area (TPSA) is 75.5 Å². The highest BCUT2D eigenvalue weighted by atomic mass is 16.3. The molecule has 0 aliphatic carbocycles. The molecule has 8 heavy (non-hydrogen) atoms. The lowest BCUT2D eigenvalue weighted by Gasteiger charge is -2.10. The first-order valence-corrected chi connectivity index (χ1v) is 2.19. The van der Waals surface area contributed by atoms with Crippen molar-refractivity contribution >= 4 is 0 Å². The first-order valence-electron chi connectivity index (χ1n) is 2.19. The van der Waals surface area contributed by atoms with Gasteiger partial charge in [0, 0.05) is 7.05 Å². The molecule has 0 spiro atoms. The first kappa shape index (κ1) is 7.10. The van der Waals surface area contributed by atoms with Crippen LogP contribution < -0.4 is 11.6 Å². The predicted octanol–water partition coefficient (Wildman–Crippen LogP) is -0.502. The molecule has 4 heteroatoms. The van der Waals surface area contributed by atoms with Gasteiger partial charge in [-0.05, 0) is 6.92 Å². The molecule has 48 valence electrons. The van der Waals surface area contributed by atoms with E-state index in [1.165, 1.54) is 7.05 Å². The van der Waals surface area contributed by atoms with Gasteiger partial charge in [-0.3, -0.25) is 5.01 Å². The Kier molecular flexibility index (Phi) is 2.15. The van der Waals surface area contributed by atoms with E-state index in [9.17, 15) is 0 Å². The number of allylic oxidation sites excluding steroid dienone is 1. The van der Waals surface area contributed by atoms with Crippen LogP contribution in [0.1, 0.15) is 6.92 Å². The molecule has 0 amide bonds. The first-order chi connectivity index (χ1) is 3.55. The molecule has 0 aromatic rings. The highest BCUT2D eigenvalue weighted by Gasteiger charge is 1.95. The number of hydrazine groups is 1. The number of hydrogen-bond donors (Lipinski definition) is 3. The van der Waals surface area contributed by atoms with Crippen molar-refractivity contribution in [2.45, 2.75) is 6.92 Å².